The molecule has 1 aromatic carbocycles. The van der Waals surface area contributed by atoms with Crippen LogP contribution in [0, 0.1) is 11.3 Å². The van der Waals surface area contributed by atoms with E-state index in [9.17, 15) is 8.42 Å². The summed E-state index contributed by atoms with van der Waals surface area (Å²) in [5.41, 5.74) is 0.285. The van der Waals surface area contributed by atoms with Gasteiger partial charge in [-0.05, 0) is 24.6 Å². The van der Waals surface area contributed by atoms with Crippen LogP contribution in [0.3, 0.4) is 0 Å². The van der Waals surface area contributed by atoms with Crippen LogP contribution < -0.4 is 4.72 Å². The van der Waals surface area contributed by atoms with Gasteiger partial charge in [0.2, 0.25) is 10.0 Å². The third kappa shape index (κ3) is 3.50. The van der Waals surface area contributed by atoms with E-state index in [4.69, 9.17) is 28.5 Å². The maximum Gasteiger partial charge on any atom is 0.249 e. The molecule has 92 valence electrons. The van der Waals surface area contributed by atoms with Crippen LogP contribution in [0.4, 0.5) is 5.69 Å². The molecule has 0 amide bonds. The molecule has 0 saturated carbocycles. The Hall–Kier alpha value is -0.960. The van der Waals surface area contributed by atoms with E-state index in [0.29, 0.717) is 5.02 Å². The second-order valence-electron chi connectivity index (χ2n) is 3.30. The van der Waals surface area contributed by atoms with E-state index in [1.54, 1.807) is 13.0 Å². The van der Waals surface area contributed by atoms with Crippen LogP contribution in [0.5, 0.6) is 0 Å². The van der Waals surface area contributed by atoms with Crippen molar-refractivity contribution >= 4 is 38.9 Å². The predicted octanol–water partition coefficient (Wildman–Crippen LogP) is 3.04. The van der Waals surface area contributed by atoms with Crippen LogP contribution >= 0.6 is 23.2 Å². The van der Waals surface area contributed by atoms with Crippen LogP contribution in [0.2, 0.25) is 10.0 Å². The number of hydrogen-bond acceptors (Lipinski definition) is 3. The number of nitrogens with one attached hydrogen (secondary N) is 1. The number of nitrogens with zero attached hydrogens (tertiary/aromatic N) is 1. The topological polar surface area (TPSA) is 70.0 Å². The summed E-state index contributed by atoms with van der Waals surface area (Å²) >= 11 is 11.5. The normalized spacial score (nSPS) is 12.8. The van der Waals surface area contributed by atoms with Crippen LogP contribution in [0.15, 0.2) is 18.2 Å². The molecule has 0 aliphatic rings. The van der Waals surface area contributed by atoms with Gasteiger partial charge in [-0.2, -0.15) is 5.26 Å². The van der Waals surface area contributed by atoms with Gasteiger partial charge in [-0.1, -0.05) is 30.1 Å². The summed E-state index contributed by atoms with van der Waals surface area (Å²) in [5, 5.41) is 8.22. The van der Waals surface area contributed by atoms with Gasteiger partial charge in [0.25, 0.3) is 0 Å². The number of hydrogen-bond donors (Lipinski definition) is 1. The largest absolute Gasteiger partial charge is 0.282 e. The lowest BCUT2D eigenvalue weighted by Crippen LogP contribution is -2.25. The molecule has 0 aliphatic heterocycles. The molecule has 7 heteroatoms. The first-order valence-corrected chi connectivity index (χ1v) is 7.07. The second-order valence-corrected chi connectivity index (χ2v) is 5.98. The molecule has 0 heterocycles. The molecule has 0 aliphatic carbocycles. The van der Waals surface area contributed by atoms with E-state index in [0.717, 1.165) is 0 Å². The smallest absolute Gasteiger partial charge is 0.249 e. The van der Waals surface area contributed by atoms with Crippen molar-refractivity contribution < 1.29 is 8.42 Å². The fraction of sp³-hybridized carbons (Fsp3) is 0.300. The Balaban J connectivity index is 2.99. The fourth-order valence-corrected chi connectivity index (χ4v) is 2.65. The highest BCUT2D eigenvalue weighted by Crippen LogP contribution is 2.26. The maximum absolute atomic E-state index is 11.7. The summed E-state index contributed by atoms with van der Waals surface area (Å²) in [6.45, 7) is 1.63. The Morgan fingerprint density at radius 1 is 1.41 bits per heavy atom. The Morgan fingerprint density at radius 2 is 2.06 bits per heavy atom. The zero-order chi connectivity index (χ0) is 13.1. The van der Waals surface area contributed by atoms with Gasteiger partial charge < -0.3 is 0 Å². The van der Waals surface area contributed by atoms with Crippen LogP contribution in [0.25, 0.3) is 0 Å². The highest BCUT2D eigenvalue weighted by molar-refractivity contribution is 7.93. The third-order valence-corrected chi connectivity index (χ3v) is 4.52. The quantitative estimate of drug-likeness (QED) is 0.927. The number of anilines is 1. The van der Waals surface area contributed by atoms with E-state index < -0.39 is 15.3 Å². The summed E-state index contributed by atoms with van der Waals surface area (Å²) < 4.78 is 25.8. The molecular formula is C10H10Cl2N2O2S. The first-order valence-electron chi connectivity index (χ1n) is 4.77. The van der Waals surface area contributed by atoms with E-state index in [2.05, 4.69) is 4.72 Å². The van der Waals surface area contributed by atoms with E-state index in [1.807, 2.05) is 0 Å². The SMILES string of the molecule is CCC(C#N)S(=O)(=O)Nc1ccc(Cl)c(Cl)c1. The van der Waals surface area contributed by atoms with Gasteiger partial charge in [0, 0.05) is 0 Å². The average Bonchev–Trinajstić information content (AvgIpc) is 2.24. The Bertz CT molecular complexity index is 552. The lowest BCUT2D eigenvalue weighted by Gasteiger charge is -2.11. The zero-order valence-corrected chi connectivity index (χ0v) is 11.3. The zero-order valence-electron chi connectivity index (χ0n) is 8.94. The van der Waals surface area contributed by atoms with E-state index >= 15 is 0 Å². The fourth-order valence-electron chi connectivity index (χ4n) is 1.18. The monoisotopic (exact) mass is 292 g/mol. The molecule has 1 unspecified atom stereocenters. The van der Waals surface area contributed by atoms with Gasteiger partial charge in [-0.15, -0.1) is 0 Å². The number of halogens is 2. The van der Waals surface area contributed by atoms with Crippen LogP contribution in [0.1, 0.15) is 13.3 Å². The minimum atomic E-state index is -3.72. The van der Waals surface area contributed by atoms with Gasteiger partial charge >= 0.3 is 0 Å². The van der Waals surface area contributed by atoms with E-state index in [-0.39, 0.29) is 17.1 Å². The molecular weight excluding hydrogens is 283 g/mol. The number of sulfonamides is 1. The Kier molecular flexibility index (Phi) is 4.63. The predicted molar refractivity (Wildman–Crippen MR) is 68.7 cm³/mol. The maximum atomic E-state index is 11.7. The molecule has 1 atom stereocenters. The number of nitriles is 1. The lowest BCUT2D eigenvalue weighted by atomic mass is 10.3. The standard InChI is InChI=1S/C10H10Cl2N2O2S/c1-2-8(6-13)17(15,16)14-7-3-4-9(11)10(12)5-7/h3-5,8,14H,2H2,1H3. The van der Waals surface area contributed by atoms with Crippen LogP contribution in [-0.4, -0.2) is 13.7 Å². The highest BCUT2D eigenvalue weighted by Gasteiger charge is 2.23. The van der Waals surface area contributed by atoms with Gasteiger partial charge in [0.1, 0.15) is 0 Å². The summed E-state index contributed by atoms with van der Waals surface area (Å²) in [4.78, 5) is 0. The molecule has 1 aromatic rings. The highest BCUT2D eigenvalue weighted by atomic mass is 35.5. The van der Waals surface area contributed by atoms with Gasteiger partial charge in [0.15, 0.2) is 5.25 Å². The lowest BCUT2D eigenvalue weighted by molar-refractivity contribution is 0.593. The molecule has 1 N–H and O–H groups in total. The first-order chi connectivity index (χ1) is 7.90. The summed E-state index contributed by atoms with van der Waals surface area (Å²) in [5.74, 6) is 0. The molecule has 0 aromatic heterocycles. The summed E-state index contributed by atoms with van der Waals surface area (Å²) in [6, 6.07) is 6.09. The molecule has 17 heavy (non-hydrogen) atoms. The van der Waals surface area contributed by atoms with Crippen molar-refractivity contribution in [2.24, 2.45) is 0 Å². The van der Waals surface area contributed by atoms with Crippen molar-refractivity contribution in [2.45, 2.75) is 18.6 Å². The summed E-state index contributed by atoms with van der Waals surface area (Å²) in [7, 11) is -3.72. The van der Waals surface area contributed by atoms with Gasteiger partial charge in [-0.3, -0.25) is 4.72 Å². The molecule has 0 bridgehead atoms. The van der Waals surface area contributed by atoms with Gasteiger partial charge in [0.05, 0.1) is 21.8 Å². The van der Waals surface area contributed by atoms with Crippen molar-refractivity contribution in [3.8, 4) is 6.07 Å². The average molecular weight is 293 g/mol. The molecule has 0 spiro atoms. The minimum Gasteiger partial charge on any atom is -0.282 e. The molecule has 1 rings (SSSR count). The molecule has 0 saturated heterocycles. The first kappa shape index (κ1) is 14.1. The van der Waals surface area contributed by atoms with Crippen molar-refractivity contribution in [3.63, 3.8) is 0 Å². The molecule has 0 radical (unpaired) electrons. The Morgan fingerprint density at radius 3 is 2.53 bits per heavy atom. The van der Waals surface area contributed by atoms with Crippen molar-refractivity contribution in [2.75, 3.05) is 4.72 Å². The second kappa shape index (κ2) is 5.58. The minimum absolute atomic E-state index is 0.215. The Labute approximate surface area is 110 Å². The molecule has 0 fully saturated rings. The van der Waals surface area contributed by atoms with Crippen LogP contribution in [-0.2, 0) is 10.0 Å². The number of benzene rings is 1. The van der Waals surface area contributed by atoms with Crippen molar-refractivity contribution in [1.29, 1.82) is 5.26 Å². The van der Waals surface area contributed by atoms with Gasteiger partial charge in [-0.25, -0.2) is 8.42 Å². The summed E-state index contributed by atoms with van der Waals surface area (Å²) in [6.07, 6.45) is 0.215. The van der Waals surface area contributed by atoms with E-state index in [1.165, 1.54) is 18.2 Å². The van der Waals surface area contributed by atoms with Crippen molar-refractivity contribution in [1.82, 2.24) is 0 Å². The third-order valence-electron chi connectivity index (χ3n) is 2.07. The molecule has 4 nitrogen and oxygen atoms in total. The van der Waals surface area contributed by atoms with Crippen molar-refractivity contribution in [3.05, 3.63) is 28.2 Å². The number of rotatable bonds is 4.